The van der Waals surface area contributed by atoms with Gasteiger partial charge in [-0.1, -0.05) is 170 Å². The Morgan fingerprint density at radius 1 is 0.322 bits per heavy atom. The van der Waals surface area contributed by atoms with Crippen LogP contribution in [0.3, 0.4) is 0 Å². The van der Waals surface area contributed by atoms with Crippen molar-refractivity contribution in [1.29, 1.82) is 0 Å². The van der Waals surface area contributed by atoms with Gasteiger partial charge in [0.1, 0.15) is 0 Å². The van der Waals surface area contributed by atoms with E-state index in [0.717, 1.165) is 17.1 Å². The average Bonchev–Trinajstić information content (AvgIpc) is 3.68. The molecule has 2 aliphatic rings. The summed E-state index contributed by atoms with van der Waals surface area (Å²) in [6.07, 6.45) is 0. The summed E-state index contributed by atoms with van der Waals surface area (Å²) in [5.41, 5.74) is 15.8. The Balaban J connectivity index is 1.16. The van der Waals surface area contributed by atoms with E-state index in [9.17, 15) is 0 Å². The van der Waals surface area contributed by atoms with Gasteiger partial charge in [0.2, 0.25) is 0 Å². The van der Waals surface area contributed by atoms with Crippen LogP contribution in [0.1, 0.15) is 22.3 Å². The van der Waals surface area contributed by atoms with Gasteiger partial charge in [0, 0.05) is 37.2 Å². The van der Waals surface area contributed by atoms with Gasteiger partial charge in [0.05, 0.1) is 5.41 Å². The number of fused-ring (bicyclic) bond motifs is 11. The Morgan fingerprint density at radius 2 is 0.898 bits per heavy atom. The first-order valence-corrected chi connectivity index (χ1v) is 21.2. The maximum atomic E-state index is 2.52. The first-order valence-electron chi connectivity index (χ1n) is 20.4. The molecule has 0 N–H and O–H groups in total. The molecule has 1 aromatic heterocycles. The average molecular weight is 766 g/mol. The number of para-hydroxylation sites is 1. The molecule has 10 aromatic carbocycles. The third-order valence-electron chi connectivity index (χ3n) is 13.0. The minimum atomic E-state index is -0.602. The van der Waals surface area contributed by atoms with E-state index < -0.39 is 5.41 Å². The highest BCUT2D eigenvalue weighted by atomic mass is 32.1. The number of benzene rings is 10. The number of hydrogen-bond acceptors (Lipinski definition) is 2. The molecule has 1 spiro atoms. The fourth-order valence-corrected chi connectivity index (χ4v) is 11.8. The zero-order chi connectivity index (χ0) is 38.7. The van der Waals surface area contributed by atoms with E-state index >= 15 is 0 Å². The monoisotopic (exact) mass is 765 g/mol. The van der Waals surface area contributed by atoms with Crippen molar-refractivity contribution in [3.63, 3.8) is 0 Å². The van der Waals surface area contributed by atoms with Crippen LogP contribution >= 0.6 is 11.3 Å². The van der Waals surface area contributed by atoms with Crippen molar-refractivity contribution in [2.75, 3.05) is 4.90 Å². The highest BCUT2D eigenvalue weighted by molar-refractivity contribution is 7.25. The fourth-order valence-electron chi connectivity index (χ4n) is 10.7. The van der Waals surface area contributed by atoms with Crippen LogP contribution in [0.15, 0.2) is 212 Å². The molecule has 13 rings (SSSR count). The normalized spacial score (nSPS) is 14.8. The molecular weight excluding hydrogens is 731 g/mol. The van der Waals surface area contributed by atoms with Gasteiger partial charge < -0.3 is 4.90 Å². The molecule has 274 valence electrons. The van der Waals surface area contributed by atoms with E-state index in [-0.39, 0.29) is 0 Å². The predicted octanol–water partition coefficient (Wildman–Crippen LogP) is 15.8. The van der Waals surface area contributed by atoms with Crippen LogP contribution in [0, 0.1) is 0 Å². The van der Waals surface area contributed by atoms with Gasteiger partial charge in [-0.25, -0.2) is 0 Å². The molecule has 0 saturated carbocycles. The molecule has 0 saturated heterocycles. The summed E-state index contributed by atoms with van der Waals surface area (Å²) in [6.45, 7) is 0. The van der Waals surface area contributed by atoms with E-state index in [1.165, 1.54) is 97.4 Å². The third-order valence-corrected chi connectivity index (χ3v) is 14.2. The molecule has 0 bridgehead atoms. The smallest absolute Gasteiger partial charge is 0.0726 e. The lowest BCUT2D eigenvalue weighted by Crippen LogP contribution is -2.36. The molecule has 0 amide bonds. The van der Waals surface area contributed by atoms with Crippen LogP contribution in [-0.4, -0.2) is 0 Å². The van der Waals surface area contributed by atoms with Crippen molar-refractivity contribution >= 4 is 70.1 Å². The lowest BCUT2D eigenvalue weighted by molar-refractivity contribution is 0.754. The van der Waals surface area contributed by atoms with E-state index in [1.807, 2.05) is 11.3 Å². The van der Waals surface area contributed by atoms with E-state index in [4.69, 9.17) is 0 Å². The minimum absolute atomic E-state index is 0.602. The number of thiophene rings is 1. The minimum Gasteiger partial charge on any atom is -0.310 e. The van der Waals surface area contributed by atoms with Crippen LogP contribution in [0.4, 0.5) is 17.1 Å². The summed E-state index contributed by atoms with van der Waals surface area (Å²) < 4.78 is 2.61. The summed E-state index contributed by atoms with van der Waals surface area (Å²) in [7, 11) is 0. The van der Waals surface area contributed by atoms with Crippen LogP contribution < -0.4 is 4.90 Å². The second kappa shape index (κ2) is 12.4. The molecular formula is C57H35NS. The third kappa shape index (κ3) is 4.50. The molecule has 1 atom stereocenters. The fraction of sp³-hybridized carbons (Fsp3) is 0.0175. The first-order chi connectivity index (χ1) is 29.3. The highest BCUT2D eigenvalue weighted by Gasteiger charge is 2.49. The van der Waals surface area contributed by atoms with Gasteiger partial charge in [-0.2, -0.15) is 0 Å². The lowest BCUT2D eigenvalue weighted by Gasteiger charge is -2.46. The molecule has 11 aromatic rings. The number of anilines is 3. The molecule has 1 unspecified atom stereocenters. The van der Waals surface area contributed by atoms with Crippen LogP contribution in [0.2, 0.25) is 0 Å². The van der Waals surface area contributed by atoms with Crippen molar-refractivity contribution in [3.8, 4) is 33.4 Å². The molecule has 59 heavy (non-hydrogen) atoms. The molecule has 2 heteroatoms. The molecule has 0 fully saturated rings. The van der Waals surface area contributed by atoms with Crippen molar-refractivity contribution in [1.82, 2.24) is 0 Å². The van der Waals surface area contributed by atoms with Crippen LogP contribution in [0.25, 0.3) is 75.1 Å². The van der Waals surface area contributed by atoms with E-state index in [2.05, 4.69) is 217 Å². The maximum absolute atomic E-state index is 2.52. The predicted molar refractivity (Wildman–Crippen MR) is 251 cm³/mol. The lowest BCUT2D eigenvalue weighted by atomic mass is 9.55. The quantitative estimate of drug-likeness (QED) is 0.172. The Hall–Kier alpha value is -7.26. The van der Waals surface area contributed by atoms with Crippen molar-refractivity contribution in [2.45, 2.75) is 5.41 Å². The molecule has 0 aliphatic heterocycles. The van der Waals surface area contributed by atoms with Crippen LogP contribution in [0.5, 0.6) is 0 Å². The SMILES string of the molecule is c1ccc(-c2ccc3c4c(cccc24)C2(c4ccccc4-c4cccc5cccc2c45)c2cc(N(c4ccccc4)c4ccc5c(c4)sc4ccccc45)ccc2-3)cc1. The Morgan fingerprint density at radius 3 is 1.78 bits per heavy atom. The second-order valence-electron chi connectivity index (χ2n) is 15.9. The highest BCUT2D eigenvalue weighted by Crippen LogP contribution is 2.62. The van der Waals surface area contributed by atoms with Crippen LogP contribution in [-0.2, 0) is 5.41 Å². The van der Waals surface area contributed by atoms with Gasteiger partial charge in [-0.15, -0.1) is 11.3 Å². The van der Waals surface area contributed by atoms with Gasteiger partial charge in [-0.3, -0.25) is 0 Å². The van der Waals surface area contributed by atoms with Gasteiger partial charge in [-0.05, 0) is 120 Å². The van der Waals surface area contributed by atoms with Gasteiger partial charge in [0.25, 0.3) is 0 Å². The van der Waals surface area contributed by atoms with Crippen molar-refractivity contribution in [3.05, 3.63) is 235 Å². The molecule has 1 nitrogen and oxygen atoms in total. The summed E-state index contributed by atoms with van der Waals surface area (Å²) in [5.74, 6) is 0. The number of rotatable bonds is 4. The molecule has 1 heterocycles. The maximum Gasteiger partial charge on any atom is 0.0726 e. The summed E-state index contributed by atoms with van der Waals surface area (Å²) in [5, 5.41) is 7.83. The summed E-state index contributed by atoms with van der Waals surface area (Å²) >= 11 is 1.87. The van der Waals surface area contributed by atoms with E-state index in [1.54, 1.807) is 0 Å². The van der Waals surface area contributed by atoms with Crippen molar-refractivity contribution < 1.29 is 0 Å². The number of nitrogens with zero attached hydrogens (tertiary/aromatic N) is 1. The van der Waals surface area contributed by atoms with Crippen molar-refractivity contribution in [2.24, 2.45) is 0 Å². The standard InChI is InChI=1S/C57H35NS/c1-3-14-36(15-4-1)41-32-33-48-43-30-28-39(58(38-18-5-2-6-19-38)40-29-31-45-44-21-8-10-27-53(44)59-54(45)35-40)34-52(43)57(51-26-13-23-46(41)56(48)51)49-24-9-7-20-42(49)47-22-11-16-37-17-12-25-50(57)55(37)47/h1-35H. The second-order valence-corrected chi connectivity index (χ2v) is 17.0. The van der Waals surface area contributed by atoms with E-state index in [0.29, 0.717) is 0 Å². The van der Waals surface area contributed by atoms with Gasteiger partial charge >= 0.3 is 0 Å². The number of hydrogen-bond donors (Lipinski definition) is 0. The zero-order valence-corrected chi connectivity index (χ0v) is 32.9. The zero-order valence-electron chi connectivity index (χ0n) is 32.1. The summed E-state index contributed by atoms with van der Waals surface area (Å²) in [4.78, 5) is 2.45. The Bertz CT molecular complexity index is 3500. The largest absolute Gasteiger partial charge is 0.310 e. The Labute approximate surface area is 346 Å². The molecule has 0 radical (unpaired) electrons. The Kier molecular flexibility index (Phi) is 6.87. The molecule has 2 aliphatic carbocycles. The topological polar surface area (TPSA) is 3.24 Å². The van der Waals surface area contributed by atoms with Gasteiger partial charge in [0.15, 0.2) is 0 Å². The summed E-state index contributed by atoms with van der Waals surface area (Å²) in [6, 6.07) is 79.6. The first kappa shape index (κ1) is 32.8.